The van der Waals surface area contributed by atoms with Gasteiger partial charge in [-0.1, -0.05) is 0 Å². The predicted octanol–water partition coefficient (Wildman–Crippen LogP) is 1.77. The summed E-state index contributed by atoms with van der Waals surface area (Å²) >= 11 is 0. The smallest absolute Gasteiger partial charge is 0.410 e. The molecule has 2 fully saturated rings. The molecule has 1 aliphatic heterocycles. The van der Waals surface area contributed by atoms with Crippen molar-refractivity contribution in [1.82, 2.24) is 4.90 Å². The Bertz CT molecular complexity index is 284. The Kier molecular flexibility index (Phi) is 2.86. The molecule has 0 aromatic carbocycles. The van der Waals surface area contributed by atoms with Gasteiger partial charge in [0.05, 0.1) is 12.6 Å². The minimum absolute atomic E-state index is 0.0430. The highest BCUT2D eigenvalue weighted by Gasteiger charge is 2.50. The van der Waals surface area contributed by atoms with Crippen molar-refractivity contribution in [3.63, 3.8) is 0 Å². The van der Waals surface area contributed by atoms with Crippen molar-refractivity contribution in [1.29, 1.82) is 0 Å². The van der Waals surface area contributed by atoms with Gasteiger partial charge in [0.25, 0.3) is 0 Å². The number of aliphatic hydroxyl groups is 1. The van der Waals surface area contributed by atoms with E-state index in [1.54, 1.807) is 4.90 Å². The Balaban J connectivity index is 2.02. The number of rotatable bonds is 1. The third-order valence-electron chi connectivity index (χ3n) is 3.32. The van der Waals surface area contributed by atoms with Gasteiger partial charge in [0.1, 0.15) is 5.60 Å². The molecule has 1 N–H and O–H groups in total. The Hall–Kier alpha value is -0.770. The number of nitrogens with zero attached hydrogens (tertiary/aromatic N) is 1. The molecule has 4 nitrogen and oxygen atoms in total. The number of carbonyl (C=O) groups is 1. The van der Waals surface area contributed by atoms with E-state index in [0.717, 1.165) is 19.3 Å². The maximum atomic E-state index is 12.0. The third-order valence-corrected chi connectivity index (χ3v) is 3.32. The lowest BCUT2D eigenvalue weighted by Gasteiger charge is -2.35. The monoisotopic (exact) mass is 227 g/mol. The van der Waals surface area contributed by atoms with Crippen LogP contribution in [0.1, 0.15) is 40.0 Å². The molecule has 1 saturated heterocycles. The van der Waals surface area contributed by atoms with Crippen molar-refractivity contribution in [3.8, 4) is 0 Å². The van der Waals surface area contributed by atoms with Crippen LogP contribution < -0.4 is 0 Å². The normalized spacial score (nSPS) is 33.2. The van der Waals surface area contributed by atoms with Crippen LogP contribution in [0.15, 0.2) is 0 Å². The Labute approximate surface area is 96.6 Å². The fraction of sp³-hybridized carbons (Fsp3) is 0.917. The largest absolute Gasteiger partial charge is 0.444 e. The zero-order chi connectivity index (χ0) is 11.9. The van der Waals surface area contributed by atoms with Crippen molar-refractivity contribution in [2.75, 3.05) is 6.61 Å². The van der Waals surface area contributed by atoms with Gasteiger partial charge in [-0.05, 0) is 46.0 Å². The van der Waals surface area contributed by atoms with Crippen LogP contribution in [0.4, 0.5) is 4.79 Å². The first-order valence-corrected chi connectivity index (χ1v) is 6.04. The minimum Gasteiger partial charge on any atom is -0.444 e. The SMILES string of the molecule is CC(C)(C)OC(=O)N1C2CC2CC[C@H]1CO. The van der Waals surface area contributed by atoms with E-state index < -0.39 is 5.60 Å². The molecular weight excluding hydrogens is 206 g/mol. The van der Waals surface area contributed by atoms with E-state index in [4.69, 9.17) is 4.74 Å². The van der Waals surface area contributed by atoms with Gasteiger partial charge in [-0.25, -0.2) is 4.79 Å². The van der Waals surface area contributed by atoms with Crippen LogP contribution in [0, 0.1) is 5.92 Å². The highest BCUT2D eigenvalue weighted by molar-refractivity contribution is 5.70. The van der Waals surface area contributed by atoms with E-state index in [1.165, 1.54) is 0 Å². The van der Waals surface area contributed by atoms with Gasteiger partial charge in [-0.3, -0.25) is 4.90 Å². The van der Waals surface area contributed by atoms with Gasteiger partial charge in [0.2, 0.25) is 0 Å². The van der Waals surface area contributed by atoms with Crippen LogP contribution in [0.25, 0.3) is 0 Å². The molecule has 0 aromatic heterocycles. The van der Waals surface area contributed by atoms with Crippen LogP contribution in [-0.2, 0) is 4.74 Å². The van der Waals surface area contributed by atoms with E-state index in [-0.39, 0.29) is 18.7 Å². The quantitative estimate of drug-likeness (QED) is 0.742. The summed E-state index contributed by atoms with van der Waals surface area (Å²) in [6.07, 6.45) is 2.85. The maximum absolute atomic E-state index is 12.0. The molecule has 1 saturated carbocycles. The van der Waals surface area contributed by atoms with Gasteiger partial charge < -0.3 is 9.84 Å². The molecule has 2 aliphatic rings. The van der Waals surface area contributed by atoms with E-state index in [2.05, 4.69) is 0 Å². The molecular formula is C12H21NO3. The molecule has 3 atom stereocenters. The fourth-order valence-corrected chi connectivity index (χ4v) is 2.48. The highest BCUT2D eigenvalue weighted by atomic mass is 16.6. The fourth-order valence-electron chi connectivity index (χ4n) is 2.48. The van der Waals surface area contributed by atoms with Crippen LogP contribution >= 0.6 is 0 Å². The Morgan fingerprint density at radius 1 is 1.44 bits per heavy atom. The van der Waals surface area contributed by atoms with E-state index >= 15 is 0 Å². The number of carbonyl (C=O) groups excluding carboxylic acids is 1. The van der Waals surface area contributed by atoms with Crippen LogP contribution in [0.5, 0.6) is 0 Å². The number of amides is 1. The lowest BCUT2D eigenvalue weighted by molar-refractivity contribution is -0.00121. The molecule has 92 valence electrons. The van der Waals surface area contributed by atoms with Gasteiger partial charge in [-0.2, -0.15) is 0 Å². The van der Waals surface area contributed by atoms with Crippen LogP contribution in [-0.4, -0.2) is 40.4 Å². The number of aliphatic hydroxyl groups excluding tert-OH is 1. The van der Waals surface area contributed by atoms with Crippen molar-refractivity contribution in [2.45, 2.75) is 57.7 Å². The number of likely N-dealkylation sites (tertiary alicyclic amines) is 1. The summed E-state index contributed by atoms with van der Waals surface area (Å²) in [5.74, 6) is 0.648. The van der Waals surface area contributed by atoms with Gasteiger partial charge >= 0.3 is 6.09 Å². The lowest BCUT2D eigenvalue weighted by atomic mass is 10.0. The predicted molar refractivity (Wildman–Crippen MR) is 60.1 cm³/mol. The van der Waals surface area contributed by atoms with Crippen molar-refractivity contribution in [2.24, 2.45) is 5.92 Å². The molecule has 0 bridgehead atoms. The minimum atomic E-state index is -0.459. The molecule has 0 aromatic rings. The highest BCUT2D eigenvalue weighted by Crippen LogP contribution is 2.45. The van der Waals surface area contributed by atoms with E-state index in [0.29, 0.717) is 12.0 Å². The average molecular weight is 227 g/mol. The molecule has 2 rings (SSSR count). The molecule has 16 heavy (non-hydrogen) atoms. The topological polar surface area (TPSA) is 49.8 Å². The molecule has 0 spiro atoms. The summed E-state index contributed by atoms with van der Waals surface area (Å²) in [7, 11) is 0. The number of hydrogen-bond acceptors (Lipinski definition) is 3. The number of ether oxygens (including phenoxy) is 1. The summed E-state index contributed by atoms with van der Waals surface area (Å²) in [4.78, 5) is 13.8. The average Bonchev–Trinajstić information content (AvgIpc) is 2.91. The van der Waals surface area contributed by atoms with Gasteiger partial charge in [0.15, 0.2) is 0 Å². The van der Waals surface area contributed by atoms with Crippen molar-refractivity contribution in [3.05, 3.63) is 0 Å². The second-order valence-electron chi connectivity index (χ2n) is 5.86. The zero-order valence-corrected chi connectivity index (χ0v) is 10.3. The van der Waals surface area contributed by atoms with Gasteiger partial charge in [-0.15, -0.1) is 0 Å². The van der Waals surface area contributed by atoms with Crippen molar-refractivity contribution < 1.29 is 14.6 Å². The zero-order valence-electron chi connectivity index (χ0n) is 10.3. The molecule has 1 amide bonds. The summed E-state index contributed by atoms with van der Waals surface area (Å²) in [6, 6.07) is 0.277. The molecule has 1 heterocycles. The Morgan fingerprint density at radius 2 is 2.12 bits per heavy atom. The Morgan fingerprint density at radius 3 is 2.69 bits per heavy atom. The van der Waals surface area contributed by atoms with Gasteiger partial charge in [0, 0.05) is 6.04 Å². The van der Waals surface area contributed by atoms with E-state index in [9.17, 15) is 9.90 Å². The summed E-state index contributed by atoms with van der Waals surface area (Å²) in [5.41, 5.74) is -0.459. The first-order chi connectivity index (χ1) is 7.42. The number of fused-ring (bicyclic) bond motifs is 1. The molecule has 2 unspecified atom stereocenters. The number of piperidine rings is 1. The van der Waals surface area contributed by atoms with Crippen LogP contribution in [0.3, 0.4) is 0 Å². The van der Waals surface area contributed by atoms with Crippen LogP contribution in [0.2, 0.25) is 0 Å². The van der Waals surface area contributed by atoms with E-state index in [1.807, 2.05) is 20.8 Å². The third kappa shape index (κ3) is 2.32. The van der Waals surface area contributed by atoms with Crippen molar-refractivity contribution >= 4 is 6.09 Å². The lowest BCUT2D eigenvalue weighted by Crippen LogP contribution is -2.48. The maximum Gasteiger partial charge on any atom is 0.410 e. The second kappa shape index (κ2) is 3.91. The number of hydrogen-bond donors (Lipinski definition) is 1. The molecule has 1 aliphatic carbocycles. The summed E-state index contributed by atoms with van der Waals surface area (Å²) < 4.78 is 5.38. The summed E-state index contributed by atoms with van der Waals surface area (Å²) in [5, 5.41) is 9.30. The molecule has 4 heteroatoms. The second-order valence-corrected chi connectivity index (χ2v) is 5.86. The summed E-state index contributed by atoms with van der Waals surface area (Å²) in [6.45, 7) is 5.65. The standard InChI is InChI=1S/C12H21NO3/c1-12(2,3)16-11(15)13-9(7-14)5-4-8-6-10(8)13/h8-10,14H,4-7H2,1-3H3/t8?,9-,10?/m0/s1. The molecule has 0 radical (unpaired) electrons. The first-order valence-electron chi connectivity index (χ1n) is 6.04. The first kappa shape index (κ1) is 11.7.